The van der Waals surface area contributed by atoms with Crippen molar-refractivity contribution in [2.24, 2.45) is 17.8 Å². The molecule has 2 bridgehead atoms. The van der Waals surface area contributed by atoms with Crippen molar-refractivity contribution in [3.8, 4) is 0 Å². The summed E-state index contributed by atoms with van der Waals surface area (Å²) in [5.74, 6) is 1.78. The second kappa shape index (κ2) is 3.60. The average Bonchev–Trinajstić information content (AvgIpc) is 2.77. The van der Waals surface area contributed by atoms with Crippen LogP contribution in [0.3, 0.4) is 0 Å². The molecular formula is C12H16O2. The fourth-order valence-electron chi connectivity index (χ4n) is 2.57. The molecule has 76 valence electrons. The highest BCUT2D eigenvalue weighted by atomic mass is 16.5. The molecular weight excluding hydrogens is 176 g/mol. The molecule has 2 aliphatic carbocycles. The minimum atomic E-state index is -0.197. The Morgan fingerprint density at radius 2 is 2.21 bits per heavy atom. The van der Waals surface area contributed by atoms with Gasteiger partial charge in [-0.25, -0.2) is 4.79 Å². The van der Waals surface area contributed by atoms with Crippen LogP contribution >= 0.6 is 0 Å². The fourth-order valence-corrected chi connectivity index (χ4v) is 2.57. The van der Waals surface area contributed by atoms with Gasteiger partial charge in [-0.05, 0) is 37.5 Å². The number of fused-ring (bicyclic) bond motifs is 2. The number of carbonyl (C=O) groups excluding carboxylic acids is 1. The van der Waals surface area contributed by atoms with Crippen LogP contribution in [0.4, 0.5) is 0 Å². The van der Waals surface area contributed by atoms with Crippen molar-refractivity contribution in [1.29, 1.82) is 0 Å². The summed E-state index contributed by atoms with van der Waals surface area (Å²) in [4.78, 5) is 11.2. The maximum Gasteiger partial charge on any atom is 0.333 e. The van der Waals surface area contributed by atoms with E-state index >= 15 is 0 Å². The predicted molar refractivity (Wildman–Crippen MR) is 54.6 cm³/mol. The number of carbonyl (C=O) groups is 1. The summed E-state index contributed by atoms with van der Waals surface area (Å²) in [5, 5.41) is 0. The van der Waals surface area contributed by atoms with E-state index in [0.717, 1.165) is 11.5 Å². The maximum absolute atomic E-state index is 11.2. The smallest absolute Gasteiger partial charge is 0.333 e. The lowest BCUT2D eigenvalue weighted by atomic mass is 9.92. The van der Waals surface area contributed by atoms with Gasteiger partial charge in [-0.3, -0.25) is 0 Å². The largest absolute Gasteiger partial charge is 0.466 e. The van der Waals surface area contributed by atoms with Gasteiger partial charge in [0.15, 0.2) is 0 Å². The molecule has 2 nitrogen and oxygen atoms in total. The molecule has 1 fully saturated rings. The first-order valence-corrected chi connectivity index (χ1v) is 5.15. The Bertz CT molecular complexity index is 301. The summed E-state index contributed by atoms with van der Waals surface area (Å²) in [6, 6.07) is 0. The molecule has 0 aromatic carbocycles. The highest BCUT2D eigenvalue weighted by Crippen LogP contribution is 2.44. The number of esters is 1. The molecule has 3 unspecified atom stereocenters. The highest BCUT2D eigenvalue weighted by molar-refractivity contribution is 5.87. The first-order chi connectivity index (χ1) is 6.70. The van der Waals surface area contributed by atoms with E-state index in [-0.39, 0.29) is 5.97 Å². The van der Waals surface area contributed by atoms with Crippen molar-refractivity contribution in [3.05, 3.63) is 23.8 Å². The van der Waals surface area contributed by atoms with Gasteiger partial charge in [0.05, 0.1) is 7.11 Å². The minimum absolute atomic E-state index is 0.197. The maximum atomic E-state index is 11.2. The fraction of sp³-hybridized carbons (Fsp3) is 0.583. The zero-order valence-electron chi connectivity index (χ0n) is 8.69. The number of allylic oxidation sites excluding steroid dienone is 3. The lowest BCUT2D eigenvalue weighted by molar-refractivity contribution is -0.136. The highest BCUT2D eigenvalue weighted by Gasteiger charge is 2.34. The first-order valence-electron chi connectivity index (χ1n) is 5.15. The molecule has 0 heterocycles. The Kier molecular flexibility index (Phi) is 2.44. The van der Waals surface area contributed by atoms with Crippen LogP contribution in [0.25, 0.3) is 0 Å². The molecule has 0 N–H and O–H groups in total. The third-order valence-electron chi connectivity index (χ3n) is 3.30. The zero-order chi connectivity index (χ0) is 10.1. The van der Waals surface area contributed by atoms with Crippen LogP contribution in [-0.2, 0) is 9.53 Å². The second-order valence-electron chi connectivity index (χ2n) is 4.29. The minimum Gasteiger partial charge on any atom is -0.466 e. The van der Waals surface area contributed by atoms with Crippen molar-refractivity contribution in [3.63, 3.8) is 0 Å². The van der Waals surface area contributed by atoms with Gasteiger partial charge >= 0.3 is 5.97 Å². The summed E-state index contributed by atoms with van der Waals surface area (Å²) in [7, 11) is 1.43. The molecule has 0 aliphatic heterocycles. The third-order valence-corrected chi connectivity index (χ3v) is 3.30. The SMILES string of the molecule is COC(=O)C(C)=CC1CC2C=CC1C2. The van der Waals surface area contributed by atoms with Gasteiger partial charge in [-0.1, -0.05) is 18.2 Å². The van der Waals surface area contributed by atoms with Crippen molar-refractivity contribution < 1.29 is 9.53 Å². The van der Waals surface area contributed by atoms with Gasteiger partial charge in [0.2, 0.25) is 0 Å². The Morgan fingerprint density at radius 3 is 2.71 bits per heavy atom. The predicted octanol–water partition coefficient (Wildman–Crippen LogP) is 2.32. The number of hydrogen-bond donors (Lipinski definition) is 0. The Labute approximate surface area is 84.6 Å². The van der Waals surface area contributed by atoms with E-state index in [0.29, 0.717) is 11.8 Å². The monoisotopic (exact) mass is 192 g/mol. The van der Waals surface area contributed by atoms with Crippen LogP contribution in [0.1, 0.15) is 19.8 Å². The van der Waals surface area contributed by atoms with Crippen LogP contribution < -0.4 is 0 Å². The molecule has 0 amide bonds. The molecule has 0 aromatic rings. The molecule has 0 spiro atoms. The molecule has 3 atom stereocenters. The Morgan fingerprint density at radius 1 is 1.43 bits per heavy atom. The summed E-state index contributed by atoms with van der Waals surface area (Å²) in [5.41, 5.74) is 0.749. The van der Waals surface area contributed by atoms with E-state index in [4.69, 9.17) is 0 Å². The third kappa shape index (κ3) is 1.61. The van der Waals surface area contributed by atoms with E-state index in [1.54, 1.807) is 0 Å². The van der Waals surface area contributed by atoms with Crippen LogP contribution in [0.15, 0.2) is 23.8 Å². The van der Waals surface area contributed by atoms with E-state index in [2.05, 4.69) is 23.0 Å². The van der Waals surface area contributed by atoms with Gasteiger partial charge in [-0.2, -0.15) is 0 Å². The van der Waals surface area contributed by atoms with E-state index in [1.807, 2.05) is 6.92 Å². The normalized spacial score (nSPS) is 35.0. The number of methoxy groups -OCH3 is 1. The molecule has 2 aliphatic rings. The van der Waals surface area contributed by atoms with E-state index in [9.17, 15) is 4.79 Å². The molecule has 0 radical (unpaired) electrons. The first kappa shape index (κ1) is 9.50. The van der Waals surface area contributed by atoms with Gasteiger partial charge < -0.3 is 4.74 Å². The van der Waals surface area contributed by atoms with Gasteiger partial charge in [0.25, 0.3) is 0 Å². The molecule has 2 heteroatoms. The Balaban J connectivity index is 2.04. The standard InChI is InChI=1S/C12H16O2/c1-8(12(13)14-2)5-11-7-9-3-4-10(11)6-9/h3-5,9-11H,6-7H2,1-2H3. The van der Waals surface area contributed by atoms with Crippen LogP contribution in [-0.4, -0.2) is 13.1 Å². The molecule has 14 heavy (non-hydrogen) atoms. The van der Waals surface area contributed by atoms with Crippen molar-refractivity contribution in [2.75, 3.05) is 7.11 Å². The summed E-state index contributed by atoms with van der Waals surface area (Å²) in [6.07, 6.45) is 9.16. The second-order valence-corrected chi connectivity index (χ2v) is 4.29. The van der Waals surface area contributed by atoms with Crippen LogP contribution in [0.2, 0.25) is 0 Å². The van der Waals surface area contributed by atoms with Crippen molar-refractivity contribution in [1.82, 2.24) is 0 Å². The summed E-state index contributed by atoms with van der Waals surface area (Å²) in [6.45, 7) is 1.83. The Hall–Kier alpha value is -1.05. The van der Waals surface area contributed by atoms with Crippen molar-refractivity contribution in [2.45, 2.75) is 19.8 Å². The van der Waals surface area contributed by atoms with E-state index < -0.39 is 0 Å². The van der Waals surface area contributed by atoms with E-state index in [1.165, 1.54) is 20.0 Å². The molecule has 1 saturated carbocycles. The topological polar surface area (TPSA) is 26.3 Å². The van der Waals surface area contributed by atoms with Gasteiger partial charge in [0.1, 0.15) is 0 Å². The average molecular weight is 192 g/mol. The van der Waals surface area contributed by atoms with Crippen LogP contribution in [0, 0.1) is 17.8 Å². The summed E-state index contributed by atoms with van der Waals surface area (Å²) < 4.78 is 4.68. The lowest BCUT2D eigenvalue weighted by Gasteiger charge is -2.14. The number of ether oxygens (including phenoxy) is 1. The zero-order valence-corrected chi connectivity index (χ0v) is 8.69. The lowest BCUT2D eigenvalue weighted by Crippen LogP contribution is -2.08. The molecule has 0 saturated heterocycles. The molecule has 0 aromatic heterocycles. The van der Waals surface area contributed by atoms with Gasteiger partial charge in [0, 0.05) is 5.57 Å². The molecule has 2 rings (SSSR count). The number of rotatable bonds is 2. The van der Waals surface area contributed by atoms with Gasteiger partial charge in [-0.15, -0.1) is 0 Å². The quantitative estimate of drug-likeness (QED) is 0.381. The number of hydrogen-bond acceptors (Lipinski definition) is 2. The van der Waals surface area contributed by atoms with Crippen LogP contribution in [0.5, 0.6) is 0 Å². The summed E-state index contributed by atoms with van der Waals surface area (Å²) >= 11 is 0. The van der Waals surface area contributed by atoms with Crippen molar-refractivity contribution >= 4 is 5.97 Å².